The number of Topliss-reactive ketones (excluding diaryl/α,β-unsaturated/α-hetero) is 1. The summed E-state index contributed by atoms with van der Waals surface area (Å²) in [7, 11) is 0. The molecule has 32 heavy (non-hydrogen) atoms. The van der Waals surface area contributed by atoms with Crippen LogP contribution < -0.4 is 5.43 Å². The molecular formula is C26H22O6. The van der Waals surface area contributed by atoms with Crippen LogP contribution in [0.2, 0.25) is 0 Å². The number of hydrogen-bond donors (Lipinski definition) is 2. The van der Waals surface area contributed by atoms with Crippen LogP contribution in [0.3, 0.4) is 0 Å². The number of rotatable bonds is 4. The van der Waals surface area contributed by atoms with E-state index in [1.54, 1.807) is 24.3 Å². The Labute approximate surface area is 184 Å². The molecule has 0 amide bonds. The first-order chi connectivity index (χ1) is 15.0. The van der Waals surface area contributed by atoms with E-state index in [2.05, 4.69) is 0 Å². The lowest BCUT2D eigenvalue weighted by atomic mass is 9.85. The molecule has 4 rings (SSSR count). The second kappa shape index (κ2) is 7.64. The lowest BCUT2D eigenvalue weighted by molar-refractivity contribution is -0.125. The summed E-state index contributed by atoms with van der Waals surface area (Å²) in [6.07, 6.45) is 0.162. The Kier molecular flexibility index (Phi) is 5.09. The zero-order valence-electron chi connectivity index (χ0n) is 17.9. The van der Waals surface area contributed by atoms with Crippen molar-refractivity contribution in [3.05, 3.63) is 75.9 Å². The summed E-state index contributed by atoms with van der Waals surface area (Å²) in [4.78, 5) is 36.6. The van der Waals surface area contributed by atoms with E-state index in [0.717, 1.165) is 0 Å². The van der Waals surface area contributed by atoms with Gasteiger partial charge in [0.15, 0.2) is 5.43 Å². The molecule has 1 aliphatic heterocycles. The zero-order chi connectivity index (χ0) is 23.2. The minimum atomic E-state index is -1.12. The molecule has 1 heterocycles. The molecule has 0 unspecified atom stereocenters. The van der Waals surface area contributed by atoms with Gasteiger partial charge in [0, 0.05) is 40.5 Å². The molecule has 2 aromatic rings. The van der Waals surface area contributed by atoms with Gasteiger partial charge in [0.2, 0.25) is 0 Å². The summed E-state index contributed by atoms with van der Waals surface area (Å²) >= 11 is 0. The Morgan fingerprint density at radius 3 is 2.38 bits per heavy atom. The molecule has 0 saturated carbocycles. The van der Waals surface area contributed by atoms with Crippen molar-refractivity contribution in [3.63, 3.8) is 0 Å². The van der Waals surface area contributed by atoms with Crippen LogP contribution in [-0.4, -0.2) is 22.0 Å². The maximum absolute atomic E-state index is 12.6. The van der Waals surface area contributed by atoms with E-state index in [-0.39, 0.29) is 34.7 Å². The quantitative estimate of drug-likeness (QED) is 0.435. The van der Waals surface area contributed by atoms with E-state index in [1.165, 1.54) is 30.3 Å². The second-order valence-electron chi connectivity index (χ2n) is 8.85. The Morgan fingerprint density at radius 2 is 1.69 bits per heavy atom. The molecule has 1 aliphatic carbocycles. The number of phenolic OH excluding ortho intramolecular Hbond substituents is 1. The number of carboxylic acid groups (broad SMARTS) is 1. The molecule has 6 nitrogen and oxygen atoms in total. The number of fused-ring (bicyclic) bond motifs is 2. The summed E-state index contributed by atoms with van der Waals surface area (Å²) in [6.45, 7) is 5.53. The average molecular weight is 430 g/mol. The molecule has 0 aromatic heterocycles. The number of ketones is 1. The highest BCUT2D eigenvalue weighted by Gasteiger charge is 2.25. The molecule has 0 saturated heterocycles. The van der Waals surface area contributed by atoms with Gasteiger partial charge in [0.1, 0.15) is 22.9 Å². The molecule has 0 bridgehead atoms. The number of carbonyl (C=O) groups is 2. The summed E-state index contributed by atoms with van der Waals surface area (Å²) in [5.74, 6) is -0.828. The lowest BCUT2D eigenvalue weighted by Crippen LogP contribution is -2.22. The third-order valence-electron chi connectivity index (χ3n) is 5.46. The van der Waals surface area contributed by atoms with Crippen LogP contribution in [0.5, 0.6) is 5.75 Å². The van der Waals surface area contributed by atoms with Crippen LogP contribution >= 0.6 is 0 Å². The molecule has 6 heteroatoms. The van der Waals surface area contributed by atoms with Crippen LogP contribution in [0.4, 0.5) is 0 Å². The monoisotopic (exact) mass is 430 g/mol. The van der Waals surface area contributed by atoms with Crippen molar-refractivity contribution in [2.45, 2.75) is 27.2 Å². The first-order valence-electron chi connectivity index (χ1n) is 10.1. The van der Waals surface area contributed by atoms with Crippen LogP contribution in [0.25, 0.3) is 33.4 Å². The topological polar surface area (TPSA) is 105 Å². The predicted octanol–water partition coefficient (Wildman–Crippen LogP) is 5.13. The average Bonchev–Trinajstić information content (AvgIpc) is 2.70. The van der Waals surface area contributed by atoms with Crippen molar-refractivity contribution in [1.82, 2.24) is 0 Å². The van der Waals surface area contributed by atoms with Crippen molar-refractivity contribution in [2.75, 3.05) is 0 Å². The van der Waals surface area contributed by atoms with Gasteiger partial charge in [-0.05, 0) is 47.5 Å². The fourth-order valence-corrected chi connectivity index (χ4v) is 3.69. The van der Waals surface area contributed by atoms with E-state index in [1.807, 2.05) is 20.8 Å². The van der Waals surface area contributed by atoms with E-state index < -0.39 is 11.4 Å². The van der Waals surface area contributed by atoms with Gasteiger partial charge in [-0.3, -0.25) is 9.59 Å². The number of phenols is 1. The largest absolute Gasteiger partial charge is 0.508 e. The highest BCUT2D eigenvalue weighted by molar-refractivity contribution is 6.07. The van der Waals surface area contributed by atoms with Crippen molar-refractivity contribution in [2.24, 2.45) is 5.41 Å². The molecule has 2 N–H and O–H groups in total. The third-order valence-corrected chi connectivity index (χ3v) is 5.46. The van der Waals surface area contributed by atoms with Crippen LogP contribution in [0.1, 0.15) is 36.7 Å². The van der Waals surface area contributed by atoms with Crippen molar-refractivity contribution < 1.29 is 24.2 Å². The van der Waals surface area contributed by atoms with Crippen LogP contribution in [0.15, 0.2) is 63.8 Å². The Balaban J connectivity index is 2.06. The number of aromatic carboxylic acids is 1. The van der Waals surface area contributed by atoms with E-state index in [4.69, 9.17) is 4.42 Å². The number of benzene rings is 3. The van der Waals surface area contributed by atoms with Crippen LogP contribution in [-0.2, 0) is 11.2 Å². The summed E-state index contributed by atoms with van der Waals surface area (Å²) < 4.78 is 5.85. The Bertz CT molecular complexity index is 1400. The highest BCUT2D eigenvalue weighted by Crippen LogP contribution is 2.42. The van der Waals surface area contributed by atoms with Gasteiger partial charge in [-0.25, -0.2) is 4.79 Å². The van der Waals surface area contributed by atoms with Crippen LogP contribution in [0, 0.1) is 5.41 Å². The minimum absolute atomic E-state index is 0.0205. The smallest absolute Gasteiger partial charge is 0.336 e. The normalized spacial score (nSPS) is 11.7. The maximum atomic E-state index is 12.6. The molecular weight excluding hydrogens is 408 g/mol. The van der Waals surface area contributed by atoms with E-state index >= 15 is 0 Å². The summed E-state index contributed by atoms with van der Waals surface area (Å²) in [5.41, 5.74) is 1.80. The second-order valence-corrected chi connectivity index (χ2v) is 8.85. The lowest BCUT2D eigenvalue weighted by Gasteiger charge is -2.19. The molecule has 2 aliphatic rings. The summed E-state index contributed by atoms with van der Waals surface area (Å²) in [6, 6.07) is 13.7. The standard InChI is InChI=1S/C26H22O6/c1-26(2,3)23(29)11-14-4-7-17(25(30)31)20(10-14)24-18-8-5-15(27)12-21(18)32-22-13-16(28)6-9-19(22)24/h4-10,12-13,27H,11H2,1-3H3,(H,30,31). The number of carboxylic acids is 1. The number of hydrogen-bond acceptors (Lipinski definition) is 5. The Hall–Kier alpha value is -3.93. The maximum Gasteiger partial charge on any atom is 0.336 e. The zero-order valence-corrected chi connectivity index (χ0v) is 17.9. The van der Waals surface area contributed by atoms with Gasteiger partial charge in [0.05, 0.1) is 5.56 Å². The van der Waals surface area contributed by atoms with E-state index in [0.29, 0.717) is 33.2 Å². The molecule has 0 fully saturated rings. The third kappa shape index (κ3) is 3.87. The molecule has 2 aromatic carbocycles. The number of aromatic hydroxyl groups is 1. The van der Waals surface area contributed by atoms with Crippen molar-refractivity contribution in [1.29, 1.82) is 0 Å². The van der Waals surface area contributed by atoms with E-state index in [9.17, 15) is 24.6 Å². The first-order valence-corrected chi connectivity index (χ1v) is 10.1. The van der Waals surface area contributed by atoms with Gasteiger partial charge < -0.3 is 14.6 Å². The fraction of sp³-hybridized carbons (Fsp3) is 0.192. The molecule has 0 spiro atoms. The Morgan fingerprint density at radius 1 is 0.938 bits per heavy atom. The van der Waals surface area contributed by atoms with Gasteiger partial charge in [-0.15, -0.1) is 0 Å². The van der Waals surface area contributed by atoms with Gasteiger partial charge >= 0.3 is 5.97 Å². The van der Waals surface area contributed by atoms with Gasteiger partial charge in [-0.2, -0.15) is 0 Å². The first kappa shape index (κ1) is 21.3. The molecule has 0 radical (unpaired) electrons. The predicted molar refractivity (Wildman–Crippen MR) is 121 cm³/mol. The van der Waals surface area contributed by atoms with Crippen molar-refractivity contribution in [3.8, 4) is 28.2 Å². The minimum Gasteiger partial charge on any atom is -0.508 e. The van der Waals surface area contributed by atoms with Gasteiger partial charge in [0.25, 0.3) is 0 Å². The van der Waals surface area contributed by atoms with Gasteiger partial charge in [-0.1, -0.05) is 26.8 Å². The molecule has 162 valence electrons. The highest BCUT2D eigenvalue weighted by atomic mass is 16.4. The number of carbonyl (C=O) groups excluding carboxylic acids is 1. The van der Waals surface area contributed by atoms with Crippen molar-refractivity contribution >= 4 is 22.7 Å². The summed E-state index contributed by atoms with van der Waals surface area (Å²) in [5, 5.41) is 20.4. The fourth-order valence-electron chi connectivity index (χ4n) is 3.69. The molecule has 0 atom stereocenters. The SMILES string of the molecule is CC(C)(C)C(=O)Cc1ccc(C(=O)O)c(-c2c3ccc(=O)cc-3oc3cc(O)ccc23)c1.